The van der Waals surface area contributed by atoms with Crippen LogP contribution in [0.3, 0.4) is 0 Å². The van der Waals surface area contributed by atoms with Gasteiger partial charge in [-0.2, -0.15) is 0 Å². The van der Waals surface area contributed by atoms with Gasteiger partial charge in [-0.25, -0.2) is 5.06 Å². The molecule has 1 aliphatic heterocycles. The third-order valence-electron chi connectivity index (χ3n) is 2.39. The van der Waals surface area contributed by atoms with Crippen LogP contribution in [0.1, 0.15) is 23.2 Å². The number of hydrogen-bond acceptors (Lipinski definition) is 2. The number of halogens is 2. The van der Waals surface area contributed by atoms with Crippen molar-refractivity contribution in [1.29, 1.82) is 0 Å². The molecule has 0 aromatic heterocycles. The van der Waals surface area contributed by atoms with Crippen molar-refractivity contribution in [2.24, 2.45) is 0 Å². The lowest BCUT2D eigenvalue weighted by molar-refractivity contribution is -0.144. The van der Waals surface area contributed by atoms with Crippen LogP contribution < -0.4 is 0 Å². The zero-order valence-corrected chi connectivity index (χ0v) is 10.1. The highest BCUT2D eigenvalue weighted by Crippen LogP contribution is 2.23. The molecule has 0 aliphatic carbocycles. The summed E-state index contributed by atoms with van der Waals surface area (Å²) in [5.74, 6) is -0.229. The number of amides is 1. The number of rotatable bonds is 1. The highest BCUT2D eigenvalue weighted by atomic mass is 35.5. The summed E-state index contributed by atoms with van der Waals surface area (Å²) in [5.41, 5.74) is 0.385. The van der Waals surface area contributed by atoms with E-state index in [2.05, 4.69) is 0 Å². The summed E-state index contributed by atoms with van der Waals surface area (Å²) in [4.78, 5) is 17.3. The molecule has 86 valence electrons. The van der Waals surface area contributed by atoms with Gasteiger partial charge in [-0.15, -0.1) is 0 Å². The molecule has 1 amide bonds. The van der Waals surface area contributed by atoms with Gasteiger partial charge in [-0.3, -0.25) is 9.63 Å². The SMILES string of the molecule is O=C(c1cc(Cl)ccc1Cl)N1CCCCO1. The molecule has 0 saturated carbocycles. The Morgan fingerprint density at radius 1 is 1.31 bits per heavy atom. The second-order valence-electron chi connectivity index (χ2n) is 3.57. The summed E-state index contributed by atoms with van der Waals surface area (Å²) in [6.45, 7) is 1.17. The van der Waals surface area contributed by atoms with Gasteiger partial charge in [0.15, 0.2) is 0 Å². The fourth-order valence-electron chi connectivity index (χ4n) is 1.55. The molecular formula is C11H11Cl2NO2. The first-order chi connectivity index (χ1) is 7.68. The lowest BCUT2D eigenvalue weighted by atomic mass is 10.2. The van der Waals surface area contributed by atoms with Gasteiger partial charge in [0, 0.05) is 11.6 Å². The van der Waals surface area contributed by atoms with E-state index in [4.69, 9.17) is 28.0 Å². The predicted octanol–water partition coefficient (Wildman–Crippen LogP) is 3.16. The fraction of sp³-hybridized carbons (Fsp3) is 0.364. The molecule has 0 radical (unpaired) electrons. The van der Waals surface area contributed by atoms with Gasteiger partial charge in [0.25, 0.3) is 5.91 Å². The first kappa shape index (κ1) is 11.7. The van der Waals surface area contributed by atoms with E-state index < -0.39 is 0 Å². The predicted molar refractivity (Wildman–Crippen MR) is 62.7 cm³/mol. The van der Waals surface area contributed by atoms with Gasteiger partial charge in [-0.1, -0.05) is 23.2 Å². The van der Waals surface area contributed by atoms with Gasteiger partial charge in [0.2, 0.25) is 0 Å². The number of hydroxylamine groups is 2. The van der Waals surface area contributed by atoms with E-state index >= 15 is 0 Å². The van der Waals surface area contributed by atoms with Crippen LogP contribution in [-0.2, 0) is 4.84 Å². The topological polar surface area (TPSA) is 29.5 Å². The maximum absolute atomic E-state index is 12.0. The van der Waals surface area contributed by atoms with Crippen molar-refractivity contribution < 1.29 is 9.63 Å². The second-order valence-corrected chi connectivity index (χ2v) is 4.42. The van der Waals surface area contributed by atoms with Crippen LogP contribution in [0, 0.1) is 0 Å². The lowest BCUT2D eigenvalue weighted by Crippen LogP contribution is -2.35. The van der Waals surface area contributed by atoms with Crippen LogP contribution in [0.25, 0.3) is 0 Å². The van der Waals surface area contributed by atoms with Gasteiger partial charge >= 0.3 is 0 Å². The molecular weight excluding hydrogens is 249 g/mol. The minimum Gasteiger partial charge on any atom is -0.271 e. The van der Waals surface area contributed by atoms with E-state index in [0.29, 0.717) is 28.8 Å². The van der Waals surface area contributed by atoms with Gasteiger partial charge < -0.3 is 0 Å². The monoisotopic (exact) mass is 259 g/mol. The molecule has 0 bridgehead atoms. The molecule has 16 heavy (non-hydrogen) atoms. The van der Waals surface area contributed by atoms with Crippen molar-refractivity contribution in [2.45, 2.75) is 12.8 Å². The Labute approximate surface area is 104 Å². The molecule has 0 unspecified atom stereocenters. The normalized spacial score (nSPS) is 16.2. The van der Waals surface area contributed by atoms with Crippen LogP contribution in [0.15, 0.2) is 18.2 Å². The number of benzene rings is 1. The van der Waals surface area contributed by atoms with Crippen molar-refractivity contribution >= 4 is 29.1 Å². The van der Waals surface area contributed by atoms with Crippen molar-refractivity contribution in [3.8, 4) is 0 Å². The van der Waals surface area contributed by atoms with E-state index in [1.165, 1.54) is 5.06 Å². The van der Waals surface area contributed by atoms with Crippen LogP contribution in [0.2, 0.25) is 10.0 Å². The Morgan fingerprint density at radius 3 is 2.81 bits per heavy atom. The summed E-state index contributed by atoms with van der Waals surface area (Å²) >= 11 is 11.8. The largest absolute Gasteiger partial charge is 0.278 e. The quantitative estimate of drug-likeness (QED) is 0.776. The Bertz CT molecular complexity index is 403. The maximum Gasteiger partial charge on any atom is 0.278 e. The first-order valence-electron chi connectivity index (χ1n) is 5.08. The van der Waals surface area contributed by atoms with Crippen molar-refractivity contribution in [1.82, 2.24) is 5.06 Å². The van der Waals surface area contributed by atoms with Gasteiger partial charge in [0.1, 0.15) is 0 Å². The molecule has 1 fully saturated rings. The fourth-order valence-corrected chi connectivity index (χ4v) is 1.92. The van der Waals surface area contributed by atoms with E-state index in [-0.39, 0.29) is 5.91 Å². The third-order valence-corrected chi connectivity index (χ3v) is 2.95. The van der Waals surface area contributed by atoms with Crippen molar-refractivity contribution in [3.63, 3.8) is 0 Å². The lowest BCUT2D eigenvalue weighted by Gasteiger charge is -2.26. The average Bonchev–Trinajstić information content (AvgIpc) is 2.32. The van der Waals surface area contributed by atoms with Crippen LogP contribution in [-0.4, -0.2) is 24.1 Å². The minimum atomic E-state index is -0.229. The number of hydrogen-bond donors (Lipinski definition) is 0. The van der Waals surface area contributed by atoms with Gasteiger partial charge in [-0.05, 0) is 31.0 Å². The highest BCUT2D eigenvalue weighted by molar-refractivity contribution is 6.35. The standard InChI is InChI=1S/C11H11Cl2NO2/c12-8-3-4-10(13)9(7-8)11(15)14-5-1-2-6-16-14/h3-4,7H,1-2,5-6H2. The summed E-state index contributed by atoms with van der Waals surface area (Å²) in [6, 6.07) is 4.82. The first-order valence-corrected chi connectivity index (χ1v) is 5.84. The summed E-state index contributed by atoms with van der Waals surface area (Å²) in [7, 11) is 0. The highest BCUT2D eigenvalue weighted by Gasteiger charge is 2.21. The Kier molecular flexibility index (Phi) is 3.69. The second kappa shape index (κ2) is 5.04. The smallest absolute Gasteiger partial charge is 0.271 e. The van der Waals surface area contributed by atoms with E-state index in [0.717, 1.165) is 12.8 Å². The molecule has 1 aliphatic rings. The molecule has 1 saturated heterocycles. The Morgan fingerprint density at radius 2 is 2.12 bits per heavy atom. The summed E-state index contributed by atoms with van der Waals surface area (Å²) in [5, 5.41) is 2.23. The van der Waals surface area contributed by atoms with Crippen LogP contribution in [0.5, 0.6) is 0 Å². The van der Waals surface area contributed by atoms with E-state index in [1.807, 2.05) is 0 Å². The molecule has 1 aromatic carbocycles. The van der Waals surface area contributed by atoms with Crippen LogP contribution in [0.4, 0.5) is 0 Å². The zero-order valence-electron chi connectivity index (χ0n) is 8.58. The molecule has 0 atom stereocenters. The summed E-state index contributed by atoms with van der Waals surface area (Å²) < 4.78 is 0. The molecule has 5 heteroatoms. The number of carbonyl (C=O) groups excluding carboxylic acids is 1. The number of nitrogens with zero attached hydrogens (tertiary/aromatic N) is 1. The van der Waals surface area contributed by atoms with Crippen LogP contribution >= 0.6 is 23.2 Å². The molecule has 0 spiro atoms. The molecule has 1 aromatic rings. The molecule has 2 rings (SSSR count). The van der Waals surface area contributed by atoms with E-state index in [1.54, 1.807) is 18.2 Å². The van der Waals surface area contributed by atoms with Crippen molar-refractivity contribution in [2.75, 3.05) is 13.2 Å². The number of carbonyl (C=O) groups is 1. The van der Waals surface area contributed by atoms with E-state index in [9.17, 15) is 4.79 Å². The average molecular weight is 260 g/mol. The molecule has 0 N–H and O–H groups in total. The van der Waals surface area contributed by atoms with Gasteiger partial charge in [0.05, 0.1) is 17.2 Å². The molecule has 3 nitrogen and oxygen atoms in total. The Hall–Kier alpha value is -0.770. The zero-order chi connectivity index (χ0) is 11.5. The maximum atomic E-state index is 12.0. The molecule has 1 heterocycles. The third kappa shape index (κ3) is 2.48. The minimum absolute atomic E-state index is 0.229. The summed E-state index contributed by atoms with van der Waals surface area (Å²) in [6.07, 6.45) is 1.93. The van der Waals surface area contributed by atoms with Crippen molar-refractivity contribution in [3.05, 3.63) is 33.8 Å². The Balaban J connectivity index is 2.22.